The second kappa shape index (κ2) is 13.7. The summed E-state index contributed by atoms with van der Waals surface area (Å²) < 4.78 is 10.9. The maximum atomic E-state index is 13.9. The van der Waals surface area contributed by atoms with Crippen molar-refractivity contribution in [1.82, 2.24) is 15.5 Å². The number of carbonyl (C=O) groups is 3. The molecule has 3 N–H and O–H groups in total. The standard InChI is InChI=1S/C33H43N3O6S/c1-21-9-7-8-12-24(21)19-34-30(38)29-33(2,3)43-20-36(29)31(39)28(37)26(14-13-22-10-5-4-6-11-22)35-32(40)42-25-17-23-15-16-41-27(23)18-25/h4-12,23,25-29,37H,13-20H2,1-3H3,(H,34,38)(H,35,40)/t23-,25+,26-,27+,28-,29+/m0/s1. The molecule has 2 aromatic rings. The van der Waals surface area contributed by atoms with Crippen LogP contribution < -0.4 is 10.6 Å². The molecule has 6 atom stereocenters. The number of thioether (sulfide) groups is 1. The first-order valence-electron chi connectivity index (χ1n) is 15.2. The zero-order chi connectivity index (χ0) is 30.6. The molecule has 10 heteroatoms. The van der Waals surface area contributed by atoms with Gasteiger partial charge in [-0.15, -0.1) is 11.8 Å². The Hall–Kier alpha value is -3.08. The molecule has 0 aromatic heterocycles. The summed E-state index contributed by atoms with van der Waals surface area (Å²) in [6.45, 7) is 6.94. The Labute approximate surface area is 258 Å². The van der Waals surface area contributed by atoms with Gasteiger partial charge >= 0.3 is 6.09 Å². The van der Waals surface area contributed by atoms with Crippen LogP contribution in [0.25, 0.3) is 0 Å². The Morgan fingerprint density at radius 2 is 1.86 bits per heavy atom. The van der Waals surface area contributed by atoms with Gasteiger partial charge < -0.3 is 30.1 Å². The number of alkyl carbamates (subject to hydrolysis) is 1. The summed E-state index contributed by atoms with van der Waals surface area (Å²) in [4.78, 5) is 41.9. The van der Waals surface area contributed by atoms with Crippen LogP contribution >= 0.6 is 11.8 Å². The molecule has 0 spiro atoms. The minimum Gasteiger partial charge on any atom is -0.446 e. The van der Waals surface area contributed by atoms with Crippen molar-refractivity contribution >= 4 is 29.7 Å². The Balaban J connectivity index is 1.26. The maximum Gasteiger partial charge on any atom is 0.407 e. The van der Waals surface area contributed by atoms with Crippen molar-refractivity contribution in [2.24, 2.45) is 5.92 Å². The van der Waals surface area contributed by atoms with E-state index in [1.807, 2.05) is 75.4 Å². The summed E-state index contributed by atoms with van der Waals surface area (Å²) in [5.41, 5.74) is 3.09. The highest BCUT2D eigenvalue weighted by molar-refractivity contribution is 8.00. The average Bonchev–Trinajstić information content (AvgIpc) is 3.67. The lowest BCUT2D eigenvalue weighted by Gasteiger charge is -2.33. The minimum absolute atomic E-state index is 0.128. The van der Waals surface area contributed by atoms with E-state index in [-0.39, 0.29) is 24.0 Å². The van der Waals surface area contributed by atoms with Crippen LogP contribution in [0.3, 0.4) is 0 Å². The maximum absolute atomic E-state index is 13.9. The number of hydrogen-bond acceptors (Lipinski definition) is 7. The predicted molar refractivity (Wildman–Crippen MR) is 165 cm³/mol. The van der Waals surface area contributed by atoms with E-state index in [0.717, 1.165) is 36.1 Å². The molecule has 1 saturated carbocycles. The Morgan fingerprint density at radius 3 is 2.60 bits per heavy atom. The van der Waals surface area contributed by atoms with Crippen LogP contribution in [0.1, 0.15) is 56.2 Å². The van der Waals surface area contributed by atoms with Gasteiger partial charge in [0.2, 0.25) is 5.91 Å². The fourth-order valence-electron chi connectivity index (χ4n) is 6.47. The third-order valence-corrected chi connectivity index (χ3v) is 10.4. The lowest BCUT2D eigenvalue weighted by molar-refractivity contribution is -0.147. The zero-order valence-electron chi connectivity index (χ0n) is 25.2. The summed E-state index contributed by atoms with van der Waals surface area (Å²) >= 11 is 1.49. The number of aliphatic hydroxyl groups excluding tert-OH is 1. The molecular weight excluding hydrogens is 566 g/mol. The van der Waals surface area contributed by atoms with Crippen LogP contribution in [0, 0.1) is 12.8 Å². The molecule has 2 aliphatic heterocycles. The van der Waals surface area contributed by atoms with E-state index < -0.39 is 34.9 Å². The van der Waals surface area contributed by atoms with Crippen molar-refractivity contribution in [3.63, 3.8) is 0 Å². The largest absolute Gasteiger partial charge is 0.446 e. The van der Waals surface area contributed by atoms with Crippen LogP contribution in [0.4, 0.5) is 4.79 Å². The first-order chi connectivity index (χ1) is 20.6. The summed E-state index contributed by atoms with van der Waals surface area (Å²) in [5, 5.41) is 17.2. The summed E-state index contributed by atoms with van der Waals surface area (Å²) in [5.74, 6) is -0.201. The average molecular weight is 610 g/mol. The number of ether oxygens (including phenoxy) is 2. The normalized spacial score (nSPS) is 25.5. The van der Waals surface area contributed by atoms with Crippen molar-refractivity contribution in [1.29, 1.82) is 0 Å². The van der Waals surface area contributed by atoms with E-state index in [4.69, 9.17) is 9.47 Å². The lowest BCUT2D eigenvalue weighted by Crippen LogP contribution is -2.58. The van der Waals surface area contributed by atoms with Gasteiger partial charge in [-0.2, -0.15) is 0 Å². The van der Waals surface area contributed by atoms with E-state index in [1.54, 1.807) is 0 Å². The van der Waals surface area contributed by atoms with Gasteiger partial charge in [-0.3, -0.25) is 9.59 Å². The molecule has 2 heterocycles. The second-order valence-corrected chi connectivity index (χ2v) is 14.0. The van der Waals surface area contributed by atoms with E-state index in [0.29, 0.717) is 31.7 Å². The third kappa shape index (κ3) is 7.53. The van der Waals surface area contributed by atoms with Crippen LogP contribution in [0.15, 0.2) is 54.6 Å². The first kappa shape index (κ1) is 31.3. The van der Waals surface area contributed by atoms with Crippen molar-refractivity contribution in [2.45, 2.75) is 94.6 Å². The topological polar surface area (TPSA) is 117 Å². The Morgan fingerprint density at radius 1 is 1.12 bits per heavy atom. The number of rotatable bonds is 10. The molecule has 3 amide bonds. The molecule has 3 aliphatic rings. The summed E-state index contributed by atoms with van der Waals surface area (Å²) in [7, 11) is 0. The van der Waals surface area contributed by atoms with Crippen LogP contribution in [-0.2, 0) is 32.0 Å². The third-order valence-electron chi connectivity index (χ3n) is 9.00. The number of amides is 3. The molecule has 2 aromatic carbocycles. The number of benzene rings is 2. The molecule has 0 unspecified atom stereocenters. The van der Waals surface area contributed by atoms with Gasteiger partial charge in [-0.05, 0) is 69.1 Å². The molecule has 5 rings (SSSR count). The van der Waals surface area contributed by atoms with E-state index in [2.05, 4.69) is 10.6 Å². The lowest BCUT2D eigenvalue weighted by atomic mass is 9.97. The predicted octanol–water partition coefficient (Wildman–Crippen LogP) is 3.95. The van der Waals surface area contributed by atoms with Gasteiger partial charge in [0.25, 0.3) is 5.91 Å². The van der Waals surface area contributed by atoms with Crippen LogP contribution in [0.5, 0.6) is 0 Å². The van der Waals surface area contributed by atoms with Gasteiger partial charge in [0, 0.05) is 24.3 Å². The van der Waals surface area contributed by atoms with Gasteiger partial charge in [0.15, 0.2) is 6.10 Å². The molecular formula is C33H43N3O6S. The second-order valence-electron chi connectivity index (χ2n) is 12.4. The highest BCUT2D eigenvalue weighted by Crippen LogP contribution is 2.40. The number of nitrogens with one attached hydrogen (secondary N) is 2. The quantitative estimate of drug-likeness (QED) is 0.374. The monoisotopic (exact) mass is 609 g/mol. The van der Waals surface area contributed by atoms with E-state index >= 15 is 0 Å². The number of fused-ring (bicyclic) bond motifs is 1. The van der Waals surface area contributed by atoms with Crippen LogP contribution in [-0.4, -0.2) is 75.5 Å². The molecule has 232 valence electrons. The van der Waals surface area contributed by atoms with Crippen molar-refractivity contribution in [3.8, 4) is 0 Å². The van der Waals surface area contributed by atoms with E-state index in [1.165, 1.54) is 16.7 Å². The van der Waals surface area contributed by atoms with Gasteiger partial charge in [-0.1, -0.05) is 54.6 Å². The molecule has 2 saturated heterocycles. The molecule has 1 aliphatic carbocycles. The number of aliphatic hydroxyl groups is 1. The number of aryl methyl sites for hydroxylation is 2. The van der Waals surface area contributed by atoms with Crippen molar-refractivity contribution < 1.29 is 29.0 Å². The van der Waals surface area contributed by atoms with Gasteiger partial charge in [0.1, 0.15) is 12.1 Å². The smallest absolute Gasteiger partial charge is 0.407 e. The van der Waals surface area contributed by atoms with Gasteiger partial charge in [0.05, 0.1) is 18.0 Å². The van der Waals surface area contributed by atoms with Crippen molar-refractivity contribution in [3.05, 3.63) is 71.3 Å². The Bertz CT molecular complexity index is 1280. The molecule has 9 nitrogen and oxygen atoms in total. The molecule has 0 radical (unpaired) electrons. The fourth-order valence-corrected chi connectivity index (χ4v) is 7.61. The number of nitrogens with zero attached hydrogens (tertiary/aromatic N) is 1. The molecule has 3 fully saturated rings. The number of hydrogen-bond donors (Lipinski definition) is 3. The highest BCUT2D eigenvalue weighted by Gasteiger charge is 2.50. The fraction of sp³-hybridized carbons (Fsp3) is 0.545. The van der Waals surface area contributed by atoms with Gasteiger partial charge in [-0.25, -0.2) is 4.79 Å². The van der Waals surface area contributed by atoms with Crippen LogP contribution in [0.2, 0.25) is 0 Å². The van der Waals surface area contributed by atoms with Crippen molar-refractivity contribution in [2.75, 3.05) is 12.5 Å². The summed E-state index contributed by atoms with van der Waals surface area (Å²) in [6, 6.07) is 15.8. The first-order valence-corrected chi connectivity index (χ1v) is 16.2. The molecule has 43 heavy (non-hydrogen) atoms. The minimum atomic E-state index is -1.55. The Kier molecular flexibility index (Phi) is 9.99. The summed E-state index contributed by atoms with van der Waals surface area (Å²) in [6.07, 6.45) is 0.920. The zero-order valence-corrected chi connectivity index (χ0v) is 26.0. The number of carbonyl (C=O) groups excluding carboxylic acids is 3. The highest BCUT2D eigenvalue weighted by atomic mass is 32.2. The SMILES string of the molecule is Cc1ccccc1CNC(=O)[C@H]1N(C(=O)[C@@H](O)[C@H](CCc2ccccc2)NC(=O)O[C@@H]2C[C@@H]3CCO[C@@H]3C2)CSC1(C)C. The van der Waals surface area contributed by atoms with E-state index in [9.17, 15) is 19.5 Å². The molecule has 0 bridgehead atoms.